The molecule has 1 atom stereocenters. The highest BCUT2D eigenvalue weighted by atomic mass is 32.2. The van der Waals surface area contributed by atoms with Crippen molar-refractivity contribution in [3.05, 3.63) is 72.1 Å². The lowest BCUT2D eigenvalue weighted by Gasteiger charge is -2.28. The lowest BCUT2D eigenvalue weighted by Crippen LogP contribution is -2.37. The number of carbonyl (C=O) groups is 1. The maximum atomic E-state index is 13.2. The Morgan fingerprint density at radius 3 is 2.65 bits per heavy atom. The molecule has 162 valence electrons. The number of imidazole rings is 1. The van der Waals surface area contributed by atoms with E-state index in [1.807, 2.05) is 53.3 Å². The zero-order valence-corrected chi connectivity index (χ0v) is 18.8. The molecule has 1 amide bonds. The van der Waals surface area contributed by atoms with Crippen molar-refractivity contribution in [3.8, 4) is 11.4 Å². The Morgan fingerprint density at radius 2 is 1.94 bits per heavy atom. The van der Waals surface area contributed by atoms with Crippen LogP contribution in [0, 0.1) is 0 Å². The van der Waals surface area contributed by atoms with Gasteiger partial charge in [-0.1, -0.05) is 42.1 Å². The number of methoxy groups -OCH3 is 1. The van der Waals surface area contributed by atoms with Crippen molar-refractivity contribution in [2.75, 3.05) is 33.0 Å². The van der Waals surface area contributed by atoms with Crippen LogP contribution in [0.25, 0.3) is 5.69 Å². The van der Waals surface area contributed by atoms with Crippen LogP contribution in [0.2, 0.25) is 0 Å². The third-order valence-corrected chi connectivity index (χ3v) is 6.33. The molecule has 7 heteroatoms. The van der Waals surface area contributed by atoms with Crippen LogP contribution in [-0.2, 0) is 0 Å². The van der Waals surface area contributed by atoms with E-state index in [2.05, 4.69) is 27.3 Å². The maximum absolute atomic E-state index is 13.2. The summed E-state index contributed by atoms with van der Waals surface area (Å²) in [5, 5.41) is 3.96. The molecular weight excluding hydrogens is 408 g/mol. The molecule has 1 aromatic heterocycles. The quantitative estimate of drug-likeness (QED) is 0.537. The summed E-state index contributed by atoms with van der Waals surface area (Å²) in [7, 11) is 1.68. The smallest absolute Gasteiger partial charge is 0.270 e. The number of rotatable bonds is 8. The molecule has 6 nitrogen and oxygen atoms in total. The molecule has 0 radical (unpaired) electrons. The first-order chi connectivity index (χ1) is 15.2. The second kappa shape index (κ2) is 10.0. The van der Waals surface area contributed by atoms with Gasteiger partial charge in [0.15, 0.2) is 5.16 Å². The van der Waals surface area contributed by atoms with E-state index in [9.17, 15) is 4.79 Å². The third-order valence-electron chi connectivity index (χ3n) is 5.68. The molecule has 4 rings (SSSR count). The summed E-state index contributed by atoms with van der Waals surface area (Å²) in [6, 6.07) is 18.1. The number of likely N-dealkylation sites (tertiary alicyclic amines) is 1. The number of hydrogen-bond acceptors (Lipinski definition) is 5. The number of nitrogens with zero attached hydrogens (tertiary/aromatic N) is 3. The second-order valence-electron chi connectivity index (χ2n) is 7.55. The van der Waals surface area contributed by atoms with E-state index < -0.39 is 0 Å². The molecule has 0 bridgehead atoms. The van der Waals surface area contributed by atoms with Gasteiger partial charge in [-0.2, -0.15) is 0 Å². The summed E-state index contributed by atoms with van der Waals surface area (Å²) < 4.78 is 7.34. The summed E-state index contributed by atoms with van der Waals surface area (Å²) in [5.41, 5.74) is 2.63. The average molecular weight is 437 g/mol. The molecule has 2 heterocycles. The molecule has 1 saturated heterocycles. The fourth-order valence-corrected chi connectivity index (χ4v) is 4.65. The predicted molar refractivity (Wildman–Crippen MR) is 124 cm³/mol. The van der Waals surface area contributed by atoms with Crippen LogP contribution in [-0.4, -0.2) is 53.4 Å². The second-order valence-corrected chi connectivity index (χ2v) is 8.32. The van der Waals surface area contributed by atoms with Crippen molar-refractivity contribution >= 4 is 17.7 Å². The Balaban J connectivity index is 1.57. The molecule has 1 N–H and O–H groups in total. The Kier molecular flexibility index (Phi) is 6.94. The normalized spacial score (nSPS) is 15.0. The van der Waals surface area contributed by atoms with E-state index in [0.717, 1.165) is 35.2 Å². The van der Waals surface area contributed by atoms with E-state index in [1.54, 1.807) is 13.3 Å². The van der Waals surface area contributed by atoms with Gasteiger partial charge in [-0.25, -0.2) is 4.98 Å². The first-order valence-corrected chi connectivity index (χ1v) is 11.8. The van der Waals surface area contributed by atoms with Crippen LogP contribution in [0.5, 0.6) is 5.75 Å². The van der Waals surface area contributed by atoms with E-state index >= 15 is 0 Å². The van der Waals surface area contributed by atoms with Gasteiger partial charge in [-0.15, -0.1) is 0 Å². The van der Waals surface area contributed by atoms with Crippen molar-refractivity contribution in [1.82, 2.24) is 19.8 Å². The molecule has 1 unspecified atom stereocenters. The van der Waals surface area contributed by atoms with E-state index in [-0.39, 0.29) is 11.9 Å². The Morgan fingerprint density at radius 1 is 1.16 bits per heavy atom. The minimum Gasteiger partial charge on any atom is -0.497 e. The molecule has 0 spiro atoms. The highest BCUT2D eigenvalue weighted by Gasteiger charge is 2.25. The maximum Gasteiger partial charge on any atom is 0.270 e. The molecule has 0 aliphatic carbocycles. The number of carbonyl (C=O) groups excluding carboxylic acids is 1. The van der Waals surface area contributed by atoms with Gasteiger partial charge in [0.2, 0.25) is 0 Å². The predicted octanol–water partition coefficient (Wildman–Crippen LogP) is 4.17. The lowest BCUT2D eigenvalue weighted by molar-refractivity contribution is 0.0930. The standard InChI is InChI=1S/C24H28N4O2S/c1-30-20-12-8-9-18(15-20)21(27-13-6-7-14-27)16-25-23(29)22-17-26-24(31-2)28(22)19-10-4-3-5-11-19/h3-5,8-12,15,17,21H,6-7,13-14,16H2,1-2H3,(H,25,29). The zero-order chi connectivity index (χ0) is 21.6. The van der Waals surface area contributed by atoms with E-state index in [0.29, 0.717) is 12.2 Å². The number of thioether (sulfide) groups is 1. The van der Waals surface area contributed by atoms with Crippen molar-refractivity contribution in [1.29, 1.82) is 0 Å². The summed E-state index contributed by atoms with van der Waals surface area (Å²) in [4.78, 5) is 20.1. The number of hydrogen-bond donors (Lipinski definition) is 1. The highest BCUT2D eigenvalue weighted by Crippen LogP contribution is 2.27. The molecule has 2 aromatic carbocycles. The Labute approximate surface area is 187 Å². The van der Waals surface area contributed by atoms with Crippen LogP contribution in [0.15, 0.2) is 66.0 Å². The number of para-hydroxylation sites is 1. The van der Waals surface area contributed by atoms with E-state index in [1.165, 1.54) is 24.6 Å². The lowest BCUT2D eigenvalue weighted by atomic mass is 10.0. The summed E-state index contributed by atoms with van der Waals surface area (Å²) in [6.07, 6.45) is 6.00. The molecule has 0 saturated carbocycles. The summed E-state index contributed by atoms with van der Waals surface area (Å²) in [6.45, 7) is 2.60. The average Bonchev–Trinajstić information content (AvgIpc) is 3.50. The summed E-state index contributed by atoms with van der Waals surface area (Å²) in [5.74, 6) is 0.712. The third kappa shape index (κ3) is 4.78. The van der Waals surface area contributed by atoms with Crippen molar-refractivity contribution < 1.29 is 9.53 Å². The Bertz CT molecular complexity index is 1020. The minimum atomic E-state index is -0.122. The van der Waals surface area contributed by atoms with Crippen LogP contribution in [0.1, 0.15) is 34.9 Å². The fraction of sp³-hybridized carbons (Fsp3) is 0.333. The summed E-state index contributed by atoms with van der Waals surface area (Å²) >= 11 is 1.52. The molecule has 1 aliphatic heterocycles. The molecule has 1 fully saturated rings. The van der Waals surface area contributed by atoms with Crippen LogP contribution in [0.3, 0.4) is 0 Å². The van der Waals surface area contributed by atoms with Crippen molar-refractivity contribution in [2.45, 2.75) is 24.0 Å². The van der Waals surface area contributed by atoms with Crippen molar-refractivity contribution in [3.63, 3.8) is 0 Å². The molecule has 3 aromatic rings. The molecular formula is C24H28N4O2S. The van der Waals surface area contributed by atoms with Crippen molar-refractivity contribution in [2.24, 2.45) is 0 Å². The van der Waals surface area contributed by atoms with E-state index in [4.69, 9.17) is 4.74 Å². The highest BCUT2D eigenvalue weighted by molar-refractivity contribution is 7.98. The minimum absolute atomic E-state index is 0.106. The van der Waals surface area contributed by atoms with Gasteiger partial charge in [0.25, 0.3) is 5.91 Å². The first kappa shape index (κ1) is 21.5. The SMILES string of the molecule is COc1cccc(C(CNC(=O)c2cnc(SC)n2-c2ccccc2)N2CCCC2)c1. The van der Waals surface area contributed by atoms with Gasteiger partial charge in [0, 0.05) is 12.2 Å². The number of aromatic nitrogens is 2. The van der Waals surface area contributed by atoms with Crippen LogP contribution >= 0.6 is 11.8 Å². The zero-order valence-electron chi connectivity index (χ0n) is 18.0. The number of amides is 1. The van der Waals surface area contributed by atoms with Gasteiger partial charge < -0.3 is 10.1 Å². The first-order valence-electron chi connectivity index (χ1n) is 10.5. The molecule has 31 heavy (non-hydrogen) atoms. The number of ether oxygens (including phenoxy) is 1. The van der Waals surface area contributed by atoms with Crippen LogP contribution < -0.4 is 10.1 Å². The monoisotopic (exact) mass is 436 g/mol. The van der Waals surface area contributed by atoms with Gasteiger partial charge in [-0.3, -0.25) is 14.3 Å². The fourth-order valence-electron chi connectivity index (χ4n) is 4.11. The topological polar surface area (TPSA) is 59.4 Å². The van der Waals surface area contributed by atoms with Gasteiger partial charge in [-0.05, 0) is 62.0 Å². The number of benzene rings is 2. The van der Waals surface area contributed by atoms with Gasteiger partial charge in [0.05, 0.1) is 19.3 Å². The largest absolute Gasteiger partial charge is 0.497 e. The van der Waals surface area contributed by atoms with Gasteiger partial charge >= 0.3 is 0 Å². The Hall–Kier alpha value is -2.77. The van der Waals surface area contributed by atoms with Gasteiger partial charge in [0.1, 0.15) is 11.4 Å². The number of nitrogens with one attached hydrogen (secondary N) is 1. The molecule has 1 aliphatic rings. The van der Waals surface area contributed by atoms with Crippen LogP contribution in [0.4, 0.5) is 0 Å².